The second-order valence-corrected chi connectivity index (χ2v) is 10.8. The van der Waals surface area contributed by atoms with E-state index in [0.29, 0.717) is 0 Å². The summed E-state index contributed by atoms with van der Waals surface area (Å²) >= 11 is 0. The van der Waals surface area contributed by atoms with Gasteiger partial charge in [0, 0.05) is 10.4 Å². The molecule has 0 bridgehead atoms. The normalized spacial score (nSPS) is 11.2. The second kappa shape index (κ2) is 8.82. The lowest BCUT2D eigenvalue weighted by Crippen LogP contribution is -2.68. The summed E-state index contributed by atoms with van der Waals surface area (Å²) in [6, 6.07) is 33.3. The highest BCUT2D eigenvalue weighted by Crippen LogP contribution is 2.30. The molecule has 0 radical (unpaired) electrons. The fraction of sp³-hybridized carbons (Fsp3) is 0.143. The van der Waals surface area contributed by atoms with Crippen molar-refractivity contribution >= 4 is 18.9 Å². The Morgan fingerprint density at radius 2 is 0.742 bits per heavy atom. The molecule has 4 rings (SSSR count). The van der Waals surface area contributed by atoms with Crippen molar-refractivity contribution < 1.29 is 8.85 Å². The maximum absolute atomic E-state index is 7.07. The Morgan fingerprint density at radius 3 is 1.06 bits per heavy atom. The molecule has 31 heavy (non-hydrogen) atoms. The van der Waals surface area contributed by atoms with Crippen LogP contribution in [0.3, 0.4) is 0 Å². The Balaban J connectivity index is 2.00. The Labute approximate surface area is 186 Å². The molecule has 4 aromatic rings. The van der Waals surface area contributed by atoms with Gasteiger partial charge in [-0.15, -0.1) is 0 Å². The van der Waals surface area contributed by atoms with E-state index < -0.39 is 8.56 Å². The summed E-state index contributed by atoms with van der Waals surface area (Å²) in [7, 11) is -3.15. The van der Waals surface area contributed by atoms with Crippen LogP contribution in [0.25, 0.3) is 0 Å². The fourth-order valence-electron chi connectivity index (χ4n) is 3.95. The minimum Gasteiger partial charge on any atom is -0.505 e. The molecule has 0 aliphatic rings. The molecule has 0 unspecified atom stereocenters. The average molecular weight is 425 g/mol. The monoisotopic (exact) mass is 424 g/mol. The fourth-order valence-corrected chi connectivity index (χ4v) is 7.27. The van der Waals surface area contributed by atoms with Gasteiger partial charge in [0.2, 0.25) is 0 Å². The standard InChI is InChI=1S/C28H28O2Si/c1-21-13-11-14-22(2)27(21)29-31(25-17-7-5-8-18-25,26-19-9-6-10-20-26)30-28-23(3)15-12-16-24(28)4/h5-20H,1-4H3. The summed E-state index contributed by atoms with van der Waals surface area (Å²) in [4.78, 5) is 0. The van der Waals surface area contributed by atoms with Gasteiger partial charge >= 0.3 is 8.56 Å². The first-order valence-corrected chi connectivity index (χ1v) is 12.4. The topological polar surface area (TPSA) is 18.5 Å². The quantitative estimate of drug-likeness (QED) is 0.373. The van der Waals surface area contributed by atoms with E-state index in [-0.39, 0.29) is 0 Å². The summed E-state index contributed by atoms with van der Waals surface area (Å²) in [6.07, 6.45) is 0. The first-order valence-electron chi connectivity index (χ1n) is 10.6. The first-order chi connectivity index (χ1) is 15.0. The number of hydrogen-bond acceptors (Lipinski definition) is 2. The second-order valence-electron chi connectivity index (χ2n) is 7.99. The molecule has 0 atom stereocenters. The van der Waals surface area contributed by atoms with Gasteiger partial charge in [-0.05, 0) is 49.9 Å². The van der Waals surface area contributed by atoms with Gasteiger partial charge in [0.15, 0.2) is 0 Å². The molecule has 0 N–H and O–H groups in total. The van der Waals surface area contributed by atoms with E-state index in [0.717, 1.165) is 44.1 Å². The predicted molar refractivity (Wildman–Crippen MR) is 131 cm³/mol. The van der Waals surface area contributed by atoms with Crippen LogP contribution in [0.4, 0.5) is 0 Å². The van der Waals surface area contributed by atoms with Crippen molar-refractivity contribution in [1.82, 2.24) is 0 Å². The minimum atomic E-state index is -3.15. The van der Waals surface area contributed by atoms with Crippen LogP contribution < -0.4 is 19.2 Å². The van der Waals surface area contributed by atoms with Crippen molar-refractivity contribution in [1.29, 1.82) is 0 Å². The maximum Gasteiger partial charge on any atom is 0.531 e. The zero-order valence-corrected chi connectivity index (χ0v) is 19.6. The molecule has 0 spiro atoms. The summed E-state index contributed by atoms with van der Waals surface area (Å²) in [5, 5.41) is 2.15. The van der Waals surface area contributed by atoms with Crippen LogP contribution in [-0.2, 0) is 0 Å². The van der Waals surface area contributed by atoms with Gasteiger partial charge in [0.1, 0.15) is 11.5 Å². The van der Waals surface area contributed by atoms with Crippen molar-refractivity contribution in [3.8, 4) is 11.5 Å². The van der Waals surface area contributed by atoms with Crippen molar-refractivity contribution in [3.63, 3.8) is 0 Å². The molecule has 0 aliphatic carbocycles. The summed E-state index contributed by atoms with van der Waals surface area (Å²) in [5.41, 5.74) is 4.42. The molecular weight excluding hydrogens is 396 g/mol. The molecule has 0 aromatic heterocycles. The lowest BCUT2D eigenvalue weighted by molar-refractivity contribution is 0.410. The number of aryl methyl sites for hydroxylation is 4. The largest absolute Gasteiger partial charge is 0.531 e. The third-order valence-corrected chi connectivity index (χ3v) is 8.79. The number of para-hydroxylation sites is 2. The van der Waals surface area contributed by atoms with Gasteiger partial charge in [-0.25, -0.2) is 0 Å². The highest BCUT2D eigenvalue weighted by molar-refractivity contribution is 6.93. The molecule has 156 valence electrons. The van der Waals surface area contributed by atoms with Crippen molar-refractivity contribution in [3.05, 3.63) is 119 Å². The zero-order valence-electron chi connectivity index (χ0n) is 18.6. The molecule has 2 nitrogen and oxygen atoms in total. The minimum absolute atomic E-state index is 0.896. The van der Waals surface area contributed by atoms with Crippen molar-refractivity contribution in [2.75, 3.05) is 0 Å². The van der Waals surface area contributed by atoms with Crippen LogP contribution in [0.1, 0.15) is 22.3 Å². The Hall–Kier alpha value is -3.30. The molecule has 0 amide bonds. The van der Waals surface area contributed by atoms with Gasteiger partial charge in [0.05, 0.1) is 0 Å². The van der Waals surface area contributed by atoms with Gasteiger partial charge < -0.3 is 8.85 Å². The highest BCUT2D eigenvalue weighted by Gasteiger charge is 2.48. The molecule has 0 fully saturated rings. The summed E-state index contributed by atoms with van der Waals surface area (Å²) in [5.74, 6) is 1.79. The van der Waals surface area contributed by atoms with Gasteiger partial charge in [-0.2, -0.15) is 0 Å². The van der Waals surface area contributed by atoms with Crippen LogP contribution in [0.5, 0.6) is 11.5 Å². The molecule has 4 aromatic carbocycles. The predicted octanol–water partition coefficient (Wildman–Crippen LogP) is 5.63. The Morgan fingerprint density at radius 1 is 0.419 bits per heavy atom. The number of rotatable bonds is 6. The number of hydrogen-bond donors (Lipinski definition) is 0. The van der Waals surface area contributed by atoms with Crippen LogP contribution in [0.2, 0.25) is 0 Å². The lowest BCUT2D eigenvalue weighted by Gasteiger charge is -2.34. The van der Waals surface area contributed by atoms with E-state index in [2.05, 4.69) is 113 Å². The lowest BCUT2D eigenvalue weighted by atomic mass is 10.1. The van der Waals surface area contributed by atoms with E-state index in [9.17, 15) is 0 Å². The van der Waals surface area contributed by atoms with Crippen LogP contribution in [0, 0.1) is 27.7 Å². The smallest absolute Gasteiger partial charge is 0.505 e. The van der Waals surface area contributed by atoms with E-state index in [1.54, 1.807) is 0 Å². The summed E-state index contributed by atoms with van der Waals surface area (Å²) in [6.45, 7) is 8.37. The molecule has 0 saturated carbocycles. The zero-order chi connectivity index (χ0) is 21.8. The highest BCUT2D eigenvalue weighted by atomic mass is 28.4. The van der Waals surface area contributed by atoms with Gasteiger partial charge in [0.25, 0.3) is 0 Å². The average Bonchev–Trinajstić information content (AvgIpc) is 2.79. The molecule has 3 heteroatoms. The van der Waals surface area contributed by atoms with Crippen LogP contribution in [0.15, 0.2) is 97.1 Å². The third-order valence-electron chi connectivity index (χ3n) is 5.62. The van der Waals surface area contributed by atoms with Crippen molar-refractivity contribution in [2.24, 2.45) is 0 Å². The van der Waals surface area contributed by atoms with Gasteiger partial charge in [-0.3, -0.25) is 0 Å². The molecule has 0 aliphatic heterocycles. The van der Waals surface area contributed by atoms with E-state index >= 15 is 0 Å². The molecule has 0 heterocycles. The number of benzene rings is 4. The SMILES string of the molecule is Cc1cccc(C)c1O[Si](Oc1c(C)cccc1C)(c1ccccc1)c1ccccc1. The Kier molecular flexibility index (Phi) is 5.96. The Bertz CT molecular complexity index is 1030. The first kappa shape index (κ1) is 20.9. The maximum atomic E-state index is 7.07. The van der Waals surface area contributed by atoms with E-state index in [1.165, 1.54) is 0 Å². The van der Waals surface area contributed by atoms with Crippen LogP contribution in [-0.4, -0.2) is 8.56 Å². The van der Waals surface area contributed by atoms with Crippen molar-refractivity contribution in [2.45, 2.75) is 27.7 Å². The molecule has 0 saturated heterocycles. The van der Waals surface area contributed by atoms with E-state index in [1.807, 2.05) is 12.1 Å². The molecular formula is C28H28O2Si. The van der Waals surface area contributed by atoms with Crippen LogP contribution >= 0.6 is 0 Å². The van der Waals surface area contributed by atoms with Gasteiger partial charge in [-0.1, -0.05) is 97.1 Å². The summed E-state index contributed by atoms with van der Waals surface area (Å²) < 4.78 is 14.1. The third kappa shape index (κ3) is 4.14. The van der Waals surface area contributed by atoms with E-state index in [4.69, 9.17) is 8.85 Å².